The third-order valence-corrected chi connectivity index (χ3v) is 2.70. The molecule has 0 radical (unpaired) electrons. The van der Waals surface area contributed by atoms with Gasteiger partial charge in [-0.05, 0) is 38.0 Å². The van der Waals surface area contributed by atoms with Crippen LogP contribution >= 0.6 is 11.6 Å². The second-order valence-corrected chi connectivity index (χ2v) is 3.64. The molecule has 0 spiro atoms. The van der Waals surface area contributed by atoms with E-state index in [0.29, 0.717) is 16.3 Å². The van der Waals surface area contributed by atoms with E-state index in [1.165, 1.54) is 6.92 Å². The lowest BCUT2D eigenvalue weighted by molar-refractivity contribution is 0.101. The van der Waals surface area contributed by atoms with Crippen LogP contribution in [0.4, 0.5) is 0 Å². The summed E-state index contributed by atoms with van der Waals surface area (Å²) in [5.41, 5.74) is 2.38. The summed E-state index contributed by atoms with van der Waals surface area (Å²) in [4.78, 5) is 11.3. The molecule has 2 nitrogen and oxygen atoms in total. The number of carbonyl (C=O) groups excluding carboxylic acids is 1. The Balaban J connectivity index is 3.49. The molecule has 0 fully saturated rings. The van der Waals surface area contributed by atoms with E-state index in [1.807, 2.05) is 13.8 Å². The number of ketones is 1. The van der Waals surface area contributed by atoms with Gasteiger partial charge >= 0.3 is 0 Å². The van der Waals surface area contributed by atoms with Crippen molar-refractivity contribution >= 4 is 17.4 Å². The molecule has 14 heavy (non-hydrogen) atoms. The SMILES string of the molecule is COc1cc(C)c(C(C)=O)c(C)c1Cl. The minimum absolute atomic E-state index is 0.0320. The van der Waals surface area contributed by atoms with Crippen molar-refractivity contribution in [3.63, 3.8) is 0 Å². The number of Topliss-reactive ketones (excluding diaryl/α,β-unsaturated/α-hetero) is 1. The van der Waals surface area contributed by atoms with E-state index in [1.54, 1.807) is 13.2 Å². The van der Waals surface area contributed by atoms with Crippen molar-refractivity contribution in [2.75, 3.05) is 7.11 Å². The van der Waals surface area contributed by atoms with Gasteiger partial charge in [-0.1, -0.05) is 11.6 Å². The fourth-order valence-electron chi connectivity index (χ4n) is 1.61. The Morgan fingerprint density at radius 2 is 2.00 bits per heavy atom. The fourth-order valence-corrected chi connectivity index (χ4v) is 1.84. The van der Waals surface area contributed by atoms with E-state index in [9.17, 15) is 4.79 Å². The average Bonchev–Trinajstić information content (AvgIpc) is 2.10. The third kappa shape index (κ3) is 1.75. The first kappa shape index (κ1) is 11.1. The molecule has 0 saturated carbocycles. The van der Waals surface area contributed by atoms with Gasteiger partial charge in [0, 0.05) is 5.56 Å². The van der Waals surface area contributed by atoms with Crippen LogP contribution in [0.5, 0.6) is 5.75 Å². The van der Waals surface area contributed by atoms with E-state index >= 15 is 0 Å². The summed E-state index contributed by atoms with van der Waals surface area (Å²) in [6.07, 6.45) is 0. The van der Waals surface area contributed by atoms with Gasteiger partial charge in [0.2, 0.25) is 0 Å². The number of hydrogen-bond donors (Lipinski definition) is 0. The van der Waals surface area contributed by atoms with Crippen molar-refractivity contribution in [3.8, 4) is 5.75 Å². The molecule has 1 rings (SSSR count). The molecule has 0 atom stereocenters. The van der Waals surface area contributed by atoms with Gasteiger partial charge in [0.15, 0.2) is 5.78 Å². The molecule has 0 N–H and O–H groups in total. The van der Waals surface area contributed by atoms with Gasteiger partial charge < -0.3 is 4.74 Å². The zero-order valence-electron chi connectivity index (χ0n) is 8.77. The highest BCUT2D eigenvalue weighted by Crippen LogP contribution is 2.32. The number of aryl methyl sites for hydroxylation is 1. The molecule has 3 heteroatoms. The van der Waals surface area contributed by atoms with Gasteiger partial charge in [-0.3, -0.25) is 4.79 Å². The topological polar surface area (TPSA) is 26.3 Å². The Bertz CT molecular complexity index is 383. The number of halogens is 1. The monoisotopic (exact) mass is 212 g/mol. The zero-order chi connectivity index (χ0) is 10.9. The summed E-state index contributed by atoms with van der Waals surface area (Å²) in [7, 11) is 1.56. The number of hydrogen-bond acceptors (Lipinski definition) is 2. The predicted molar refractivity (Wildman–Crippen MR) is 57.5 cm³/mol. The van der Waals surface area contributed by atoms with Crippen LogP contribution in [0.2, 0.25) is 5.02 Å². The molecule has 0 saturated heterocycles. The highest BCUT2D eigenvalue weighted by molar-refractivity contribution is 6.33. The van der Waals surface area contributed by atoms with E-state index in [2.05, 4.69) is 0 Å². The standard InChI is InChI=1S/C11H13ClO2/c1-6-5-9(14-4)11(12)7(2)10(6)8(3)13/h5H,1-4H3. The van der Waals surface area contributed by atoms with E-state index in [4.69, 9.17) is 16.3 Å². The maximum atomic E-state index is 11.3. The Kier molecular flexibility index (Phi) is 3.17. The first-order valence-corrected chi connectivity index (χ1v) is 4.71. The lowest BCUT2D eigenvalue weighted by Crippen LogP contribution is -2.02. The van der Waals surface area contributed by atoms with Crippen LogP contribution in [0.3, 0.4) is 0 Å². The van der Waals surface area contributed by atoms with Crippen molar-refractivity contribution in [3.05, 3.63) is 27.8 Å². The molecule has 0 aliphatic carbocycles. The second kappa shape index (κ2) is 4.01. The summed E-state index contributed by atoms with van der Waals surface area (Å²) in [5.74, 6) is 0.649. The van der Waals surface area contributed by atoms with Crippen molar-refractivity contribution in [1.82, 2.24) is 0 Å². The normalized spacial score (nSPS) is 10.1. The maximum absolute atomic E-state index is 11.3. The summed E-state index contributed by atoms with van der Waals surface area (Å²) in [5, 5.41) is 0.517. The maximum Gasteiger partial charge on any atom is 0.160 e. The molecule has 0 amide bonds. The molecule has 0 unspecified atom stereocenters. The summed E-state index contributed by atoms with van der Waals surface area (Å²) >= 11 is 6.04. The second-order valence-electron chi connectivity index (χ2n) is 3.27. The van der Waals surface area contributed by atoms with Crippen LogP contribution in [0.15, 0.2) is 6.07 Å². The van der Waals surface area contributed by atoms with Crippen LogP contribution in [0.25, 0.3) is 0 Å². The molecule has 0 bridgehead atoms. The Hall–Kier alpha value is -1.02. The number of benzene rings is 1. The Morgan fingerprint density at radius 3 is 2.43 bits per heavy atom. The van der Waals surface area contributed by atoms with Crippen molar-refractivity contribution in [1.29, 1.82) is 0 Å². The Morgan fingerprint density at radius 1 is 1.43 bits per heavy atom. The van der Waals surface area contributed by atoms with Crippen LogP contribution in [0, 0.1) is 13.8 Å². The van der Waals surface area contributed by atoms with Gasteiger partial charge in [0.1, 0.15) is 5.75 Å². The van der Waals surface area contributed by atoms with Crippen molar-refractivity contribution in [2.24, 2.45) is 0 Å². The quantitative estimate of drug-likeness (QED) is 0.704. The minimum Gasteiger partial charge on any atom is -0.495 e. The number of methoxy groups -OCH3 is 1. The average molecular weight is 213 g/mol. The molecular formula is C11H13ClO2. The predicted octanol–water partition coefficient (Wildman–Crippen LogP) is 3.17. The molecule has 0 aliphatic rings. The van der Waals surface area contributed by atoms with Gasteiger partial charge in [-0.25, -0.2) is 0 Å². The molecule has 0 aromatic heterocycles. The minimum atomic E-state index is 0.0320. The molecule has 76 valence electrons. The molecule has 0 aliphatic heterocycles. The highest BCUT2D eigenvalue weighted by Gasteiger charge is 2.14. The Labute approximate surface area is 88.8 Å². The number of ether oxygens (including phenoxy) is 1. The van der Waals surface area contributed by atoms with E-state index < -0.39 is 0 Å². The summed E-state index contributed by atoms with van der Waals surface area (Å²) in [6.45, 7) is 5.25. The first-order chi connectivity index (χ1) is 6.49. The molecule has 1 aromatic carbocycles. The first-order valence-electron chi connectivity index (χ1n) is 4.33. The third-order valence-electron chi connectivity index (χ3n) is 2.23. The number of rotatable bonds is 2. The van der Waals surface area contributed by atoms with Crippen molar-refractivity contribution in [2.45, 2.75) is 20.8 Å². The largest absolute Gasteiger partial charge is 0.495 e. The van der Waals surface area contributed by atoms with Crippen molar-refractivity contribution < 1.29 is 9.53 Å². The smallest absolute Gasteiger partial charge is 0.160 e. The number of carbonyl (C=O) groups is 1. The van der Waals surface area contributed by atoms with Gasteiger partial charge in [-0.15, -0.1) is 0 Å². The van der Waals surface area contributed by atoms with E-state index in [-0.39, 0.29) is 5.78 Å². The summed E-state index contributed by atoms with van der Waals surface area (Å²) in [6, 6.07) is 1.78. The highest BCUT2D eigenvalue weighted by atomic mass is 35.5. The van der Waals surface area contributed by atoms with Crippen LogP contribution in [0.1, 0.15) is 28.4 Å². The van der Waals surface area contributed by atoms with Gasteiger partial charge in [0.05, 0.1) is 12.1 Å². The van der Waals surface area contributed by atoms with E-state index in [0.717, 1.165) is 11.1 Å². The molecule has 0 heterocycles. The lowest BCUT2D eigenvalue weighted by Gasteiger charge is -2.12. The van der Waals surface area contributed by atoms with Crippen LogP contribution in [-0.4, -0.2) is 12.9 Å². The van der Waals surface area contributed by atoms with Crippen LogP contribution < -0.4 is 4.74 Å². The van der Waals surface area contributed by atoms with Gasteiger partial charge in [0.25, 0.3) is 0 Å². The van der Waals surface area contributed by atoms with Crippen LogP contribution in [-0.2, 0) is 0 Å². The fraction of sp³-hybridized carbons (Fsp3) is 0.364. The summed E-state index contributed by atoms with van der Waals surface area (Å²) < 4.78 is 5.10. The zero-order valence-corrected chi connectivity index (χ0v) is 9.53. The molecular weight excluding hydrogens is 200 g/mol. The molecule has 1 aromatic rings. The van der Waals surface area contributed by atoms with Gasteiger partial charge in [-0.2, -0.15) is 0 Å². The lowest BCUT2D eigenvalue weighted by atomic mass is 9.99.